The Balaban J connectivity index is 0.00000176. The van der Waals surface area contributed by atoms with Gasteiger partial charge >= 0.3 is 0 Å². The van der Waals surface area contributed by atoms with Gasteiger partial charge in [-0.05, 0) is 56.9 Å². The number of anilines is 1. The summed E-state index contributed by atoms with van der Waals surface area (Å²) in [4.78, 5) is 4.71. The molecule has 0 bridgehead atoms. The summed E-state index contributed by atoms with van der Waals surface area (Å²) in [5.74, 6) is 0.752. The molecule has 2 heterocycles. The Kier molecular flexibility index (Phi) is 6.93. The van der Waals surface area contributed by atoms with Crippen molar-refractivity contribution in [1.29, 1.82) is 0 Å². The quantitative estimate of drug-likeness (QED) is 0.917. The maximum Gasteiger partial charge on any atom is 0.146 e. The second-order valence-electron chi connectivity index (χ2n) is 6.28. The maximum absolute atomic E-state index is 13.8. The van der Waals surface area contributed by atoms with Crippen LogP contribution in [0.2, 0.25) is 0 Å². The molecule has 2 aliphatic rings. The Morgan fingerprint density at radius 3 is 2.59 bits per heavy atom. The average molecular weight is 328 g/mol. The van der Waals surface area contributed by atoms with Crippen molar-refractivity contribution in [3.8, 4) is 0 Å². The summed E-state index contributed by atoms with van der Waals surface area (Å²) >= 11 is 0. The van der Waals surface area contributed by atoms with Crippen LogP contribution in [0, 0.1) is 11.7 Å². The molecule has 2 aliphatic heterocycles. The summed E-state index contributed by atoms with van der Waals surface area (Å²) in [6, 6.07) is 7.12. The van der Waals surface area contributed by atoms with E-state index in [1.54, 1.807) is 12.1 Å². The van der Waals surface area contributed by atoms with Crippen LogP contribution < -0.4 is 10.2 Å². The van der Waals surface area contributed by atoms with Gasteiger partial charge in [0.25, 0.3) is 0 Å². The Hall–Kier alpha value is -0.840. The molecule has 0 radical (unpaired) electrons. The van der Waals surface area contributed by atoms with E-state index in [4.69, 9.17) is 0 Å². The molecule has 5 heteroatoms. The van der Waals surface area contributed by atoms with Gasteiger partial charge in [-0.1, -0.05) is 12.1 Å². The van der Waals surface area contributed by atoms with Crippen LogP contribution >= 0.6 is 12.4 Å². The van der Waals surface area contributed by atoms with Gasteiger partial charge in [-0.15, -0.1) is 12.4 Å². The maximum atomic E-state index is 13.8. The van der Waals surface area contributed by atoms with E-state index >= 15 is 0 Å². The molecule has 0 aromatic heterocycles. The van der Waals surface area contributed by atoms with Crippen LogP contribution in [0.3, 0.4) is 0 Å². The lowest BCUT2D eigenvalue weighted by Crippen LogP contribution is -2.47. The van der Waals surface area contributed by atoms with Gasteiger partial charge in [-0.25, -0.2) is 4.39 Å². The van der Waals surface area contributed by atoms with Crippen LogP contribution in [-0.4, -0.2) is 50.7 Å². The van der Waals surface area contributed by atoms with Gasteiger partial charge in [0.15, 0.2) is 0 Å². The molecule has 3 rings (SSSR count). The third kappa shape index (κ3) is 4.58. The van der Waals surface area contributed by atoms with E-state index in [1.165, 1.54) is 38.9 Å². The Bertz CT molecular complexity index is 443. The van der Waals surface area contributed by atoms with Gasteiger partial charge in [-0.2, -0.15) is 0 Å². The van der Waals surface area contributed by atoms with E-state index in [0.29, 0.717) is 0 Å². The van der Waals surface area contributed by atoms with Crippen LogP contribution in [-0.2, 0) is 0 Å². The minimum atomic E-state index is -0.0979. The normalized spacial score (nSPS) is 23.1. The zero-order valence-corrected chi connectivity index (χ0v) is 14.0. The van der Waals surface area contributed by atoms with Gasteiger partial charge in [0.2, 0.25) is 0 Å². The fourth-order valence-electron chi connectivity index (χ4n) is 3.46. The van der Waals surface area contributed by atoms with Crippen LogP contribution in [0.15, 0.2) is 24.3 Å². The van der Waals surface area contributed by atoms with Crippen molar-refractivity contribution in [3.63, 3.8) is 0 Å². The smallest absolute Gasteiger partial charge is 0.146 e. The lowest BCUT2D eigenvalue weighted by molar-refractivity contribution is 0.225. The number of benzene rings is 1. The van der Waals surface area contributed by atoms with Crippen molar-refractivity contribution in [2.45, 2.75) is 19.3 Å². The van der Waals surface area contributed by atoms with Crippen LogP contribution in [0.4, 0.5) is 10.1 Å². The second-order valence-corrected chi connectivity index (χ2v) is 6.28. The molecule has 0 aliphatic carbocycles. The summed E-state index contributed by atoms with van der Waals surface area (Å²) in [6.07, 6.45) is 4.00. The minimum absolute atomic E-state index is 0. The predicted molar refractivity (Wildman–Crippen MR) is 92.5 cm³/mol. The number of nitrogens with one attached hydrogen (secondary N) is 1. The number of para-hydroxylation sites is 1. The summed E-state index contributed by atoms with van der Waals surface area (Å²) in [5.41, 5.74) is 0.758. The van der Waals surface area contributed by atoms with E-state index in [0.717, 1.165) is 37.8 Å². The standard InChI is InChI=1S/C17H26FN3.ClH/c18-16-5-1-2-6-17(16)21-12-10-20(11-13-21)9-7-15-4-3-8-19-14-15;/h1-2,5-6,15,19H,3-4,7-14H2;1H. The molecule has 0 spiro atoms. The number of nitrogens with zero attached hydrogens (tertiary/aromatic N) is 2. The first-order chi connectivity index (χ1) is 10.3. The molecule has 2 saturated heterocycles. The molecule has 1 N–H and O–H groups in total. The summed E-state index contributed by atoms with van der Waals surface area (Å²) in [7, 11) is 0. The molecule has 1 aromatic rings. The predicted octanol–water partition coefficient (Wildman–Crippen LogP) is 2.76. The van der Waals surface area contributed by atoms with Crippen molar-refractivity contribution in [2.24, 2.45) is 5.92 Å². The number of piperidine rings is 1. The largest absolute Gasteiger partial charge is 0.367 e. The van der Waals surface area contributed by atoms with Gasteiger partial charge in [0, 0.05) is 26.2 Å². The first-order valence-corrected chi connectivity index (χ1v) is 8.25. The molecule has 0 amide bonds. The lowest BCUT2D eigenvalue weighted by Gasteiger charge is -2.37. The Morgan fingerprint density at radius 2 is 1.91 bits per heavy atom. The fourth-order valence-corrected chi connectivity index (χ4v) is 3.46. The van der Waals surface area contributed by atoms with E-state index in [-0.39, 0.29) is 18.2 Å². The first-order valence-electron chi connectivity index (χ1n) is 8.25. The number of hydrogen-bond donors (Lipinski definition) is 1. The van der Waals surface area contributed by atoms with Crippen molar-refractivity contribution in [3.05, 3.63) is 30.1 Å². The highest BCUT2D eigenvalue weighted by atomic mass is 35.5. The highest BCUT2D eigenvalue weighted by Crippen LogP contribution is 2.21. The molecular weight excluding hydrogens is 301 g/mol. The lowest BCUT2D eigenvalue weighted by atomic mass is 9.96. The molecule has 124 valence electrons. The fraction of sp³-hybridized carbons (Fsp3) is 0.647. The van der Waals surface area contributed by atoms with Crippen molar-refractivity contribution in [2.75, 3.05) is 50.7 Å². The number of hydrogen-bond acceptors (Lipinski definition) is 3. The van der Waals surface area contributed by atoms with Crippen molar-refractivity contribution >= 4 is 18.1 Å². The monoisotopic (exact) mass is 327 g/mol. The van der Waals surface area contributed by atoms with E-state index in [2.05, 4.69) is 15.1 Å². The number of rotatable bonds is 4. The zero-order valence-electron chi connectivity index (χ0n) is 13.1. The first kappa shape index (κ1) is 17.5. The molecule has 1 atom stereocenters. The van der Waals surface area contributed by atoms with E-state index in [1.807, 2.05) is 12.1 Å². The molecule has 0 saturated carbocycles. The van der Waals surface area contributed by atoms with Gasteiger partial charge < -0.3 is 10.2 Å². The SMILES string of the molecule is Cl.Fc1ccccc1N1CCN(CCC2CCCNC2)CC1. The summed E-state index contributed by atoms with van der Waals surface area (Å²) in [6.45, 7) is 7.54. The van der Waals surface area contributed by atoms with Crippen LogP contribution in [0.5, 0.6) is 0 Å². The minimum Gasteiger partial charge on any atom is -0.367 e. The molecule has 1 unspecified atom stereocenters. The zero-order chi connectivity index (χ0) is 14.5. The molecule has 2 fully saturated rings. The second kappa shape index (κ2) is 8.70. The molecule has 3 nitrogen and oxygen atoms in total. The topological polar surface area (TPSA) is 18.5 Å². The van der Waals surface area contributed by atoms with Crippen LogP contribution in [0.1, 0.15) is 19.3 Å². The number of halogens is 2. The van der Waals surface area contributed by atoms with E-state index < -0.39 is 0 Å². The van der Waals surface area contributed by atoms with Gasteiger partial charge in [0.05, 0.1) is 5.69 Å². The number of piperazine rings is 1. The summed E-state index contributed by atoms with van der Waals surface area (Å²) in [5, 5.41) is 3.49. The highest BCUT2D eigenvalue weighted by molar-refractivity contribution is 5.85. The third-order valence-electron chi connectivity index (χ3n) is 4.82. The average Bonchev–Trinajstić information content (AvgIpc) is 2.55. The Morgan fingerprint density at radius 1 is 1.14 bits per heavy atom. The van der Waals surface area contributed by atoms with Gasteiger partial charge in [0.1, 0.15) is 5.82 Å². The van der Waals surface area contributed by atoms with Gasteiger partial charge in [-0.3, -0.25) is 4.90 Å². The highest BCUT2D eigenvalue weighted by Gasteiger charge is 2.20. The molecule has 1 aromatic carbocycles. The summed E-state index contributed by atoms with van der Waals surface area (Å²) < 4.78 is 13.8. The molecular formula is C17H27ClFN3. The van der Waals surface area contributed by atoms with Crippen molar-refractivity contribution in [1.82, 2.24) is 10.2 Å². The van der Waals surface area contributed by atoms with Crippen LogP contribution in [0.25, 0.3) is 0 Å². The van der Waals surface area contributed by atoms with Crippen molar-refractivity contribution < 1.29 is 4.39 Å². The van der Waals surface area contributed by atoms with E-state index in [9.17, 15) is 4.39 Å². The third-order valence-corrected chi connectivity index (χ3v) is 4.82. The Labute approximate surface area is 139 Å². The molecule has 22 heavy (non-hydrogen) atoms.